The Labute approximate surface area is 135 Å². The number of nitrogens with zero attached hydrogens (tertiary/aromatic N) is 2. The lowest BCUT2D eigenvalue weighted by molar-refractivity contribution is -0.141. The fourth-order valence-corrected chi connectivity index (χ4v) is 3.35. The van der Waals surface area contributed by atoms with Gasteiger partial charge in [0.1, 0.15) is 5.60 Å². The highest BCUT2D eigenvalue weighted by atomic mass is 79.9. The van der Waals surface area contributed by atoms with Crippen LogP contribution in [0.3, 0.4) is 0 Å². The Morgan fingerprint density at radius 1 is 1.48 bits per heavy atom. The zero-order valence-corrected chi connectivity index (χ0v) is 14.4. The molecule has 2 rings (SSSR count). The summed E-state index contributed by atoms with van der Waals surface area (Å²) in [6, 6.07) is 0. The molecule has 2 heterocycles. The molecule has 1 aliphatic heterocycles. The molecule has 1 fully saturated rings. The number of ether oxygens (including phenoxy) is 1. The molecule has 1 amide bonds. The van der Waals surface area contributed by atoms with Gasteiger partial charge in [-0.2, -0.15) is 0 Å². The molecule has 1 saturated heterocycles. The SMILES string of the molecule is CC(C)(C)OC(=O)N1CC(C(=O)O)C(c2csc(Br)n2)C1. The number of amides is 1. The predicted molar refractivity (Wildman–Crippen MR) is 81.5 cm³/mol. The lowest BCUT2D eigenvalue weighted by Crippen LogP contribution is -2.35. The van der Waals surface area contributed by atoms with Crippen molar-refractivity contribution in [3.63, 3.8) is 0 Å². The van der Waals surface area contributed by atoms with Crippen LogP contribution in [0, 0.1) is 5.92 Å². The van der Waals surface area contributed by atoms with E-state index in [1.807, 2.05) is 5.38 Å². The van der Waals surface area contributed by atoms with E-state index in [-0.39, 0.29) is 12.5 Å². The maximum Gasteiger partial charge on any atom is 0.410 e. The zero-order chi connectivity index (χ0) is 15.8. The van der Waals surface area contributed by atoms with E-state index in [4.69, 9.17) is 4.74 Å². The first kappa shape index (κ1) is 16.2. The minimum absolute atomic E-state index is 0.143. The van der Waals surface area contributed by atoms with Crippen LogP contribution in [-0.2, 0) is 9.53 Å². The third kappa shape index (κ3) is 3.94. The Morgan fingerprint density at radius 2 is 2.14 bits per heavy atom. The second kappa shape index (κ2) is 5.92. The van der Waals surface area contributed by atoms with E-state index in [0.717, 1.165) is 0 Å². The van der Waals surface area contributed by atoms with E-state index in [1.54, 1.807) is 20.8 Å². The van der Waals surface area contributed by atoms with Gasteiger partial charge in [-0.25, -0.2) is 9.78 Å². The second-order valence-electron chi connectivity index (χ2n) is 5.96. The number of carboxylic acids is 1. The van der Waals surface area contributed by atoms with Gasteiger partial charge in [0.15, 0.2) is 3.92 Å². The van der Waals surface area contributed by atoms with Gasteiger partial charge in [0.25, 0.3) is 0 Å². The van der Waals surface area contributed by atoms with Crippen LogP contribution in [0.15, 0.2) is 9.30 Å². The number of carbonyl (C=O) groups excluding carboxylic acids is 1. The van der Waals surface area contributed by atoms with Crippen molar-refractivity contribution < 1.29 is 19.4 Å². The van der Waals surface area contributed by atoms with E-state index in [2.05, 4.69) is 20.9 Å². The van der Waals surface area contributed by atoms with Gasteiger partial charge in [0.2, 0.25) is 0 Å². The van der Waals surface area contributed by atoms with Crippen LogP contribution in [0.4, 0.5) is 4.79 Å². The van der Waals surface area contributed by atoms with Crippen molar-refractivity contribution >= 4 is 39.3 Å². The first-order valence-corrected chi connectivity index (χ1v) is 8.16. The molecule has 0 bridgehead atoms. The summed E-state index contributed by atoms with van der Waals surface area (Å²) in [6.45, 7) is 5.80. The number of aliphatic carboxylic acids is 1. The maximum atomic E-state index is 12.1. The van der Waals surface area contributed by atoms with Crippen molar-refractivity contribution in [1.29, 1.82) is 0 Å². The largest absolute Gasteiger partial charge is 0.481 e. The van der Waals surface area contributed by atoms with Crippen molar-refractivity contribution in [3.8, 4) is 0 Å². The number of likely N-dealkylation sites (tertiary alicyclic amines) is 1. The standard InChI is InChI=1S/C13H17BrN2O4S/c1-13(2,3)20-12(19)16-4-7(8(5-16)10(17)18)9-6-21-11(14)15-9/h6-8H,4-5H2,1-3H3,(H,17,18). The Bertz CT molecular complexity index is 555. The van der Waals surface area contributed by atoms with Gasteiger partial charge in [-0.3, -0.25) is 4.79 Å². The Kier molecular flexibility index (Phi) is 4.57. The van der Waals surface area contributed by atoms with Crippen LogP contribution < -0.4 is 0 Å². The first-order valence-electron chi connectivity index (χ1n) is 6.49. The topological polar surface area (TPSA) is 79.7 Å². The van der Waals surface area contributed by atoms with Crippen molar-refractivity contribution in [1.82, 2.24) is 9.88 Å². The number of thiazole rings is 1. The Hall–Kier alpha value is -1.15. The molecule has 0 aliphatic carbocycles. The summed E-state index contributed by atoms with van der Waals surface area (Å²) in [5.41, 5.74) is 0.0997. The van der Waals surface area contributed by atoms with Gasteiger partial charge in [0, 0.05) is 24.4 Å². The van der Waals surface area contributed by atoms with Crippen LogP contribution in [0.1, 0.15) is 32.4 Å². The summed E-state index contributed by atoms with van der Waals surface area (Å²) < 4.78 is 6.01. The third-order valence-electron chi connectivity index (χ3n) is 3.16. The molecule has 2 unspecified atom stereocenters. The Balaban J connectivity index is 2.15. The smallest absolute Gasteiger partial charge is 0.410 e. The number of carbonyl (C=O) groups is 2. The summed E-state index contributed by atoms with van der Waals surface area (Å²) in [5, 5.41) is 11.2. The van der Waals surface area contributed by atoms with Crippen LogP contribution >= 0.6 is 27.3 Å². The molecule has 8 heteroatoms. The minimum Gasteiger partial charge on any atom is -0.481 e. The summed E-state index contributed by atoms with van der Waals surface area (Å²) >= 11 is 4.68. The van der Waals surface area contributed by atoms with Crippen molar-refractivity contribution in [2.75, 3.05) is 13.1 Å². The molecule has 0 spiro atoms. The van der Waals surface area contributed by atoms with Gasteiger partial charge >= 0.3 is 12.1 Å². The highest BCUT2D eigenvalue weighted by molar-refractivity contribution is 9.11. The molecular weight excluding hydrogens is 360 g/mol. The first-order chi connectivity index (χ1) is 9.67. The molecule has 1 aliphatic rings. The lowest BCUT2D eigenvalue weighted by atomic mass is 9.94. The molecule has 1 aromatic heterocycles. The number of hydrogen-bond donors (Lipinski definition) is 1. The van der Waals surface area contributed by atoms with Gasteiger partial charge in [0.05, 0.1) is 11.6 Å². The number of hydrogen-bond acceptors (Lipinski definition) is 5. The Morgan fingerprint density at radius 3 is 2.62 bits per heavy atom. The summed E-state index contributed by atoms with van der Waals surface area (Å²) in [5.74, 6) is -1.89. The molecular formula is C13H17BrN2O4S. The number of carboxylic acid groups (broad SMARTS) is 1. The molecule has 2 atom stereocenters. The van der Waals surface area contributed by atoms with Gasteiger partial charge in [-0.15, -0.1) is 11.3 Å². The molecule has 0 aromatic carbocycles. The summed E-state index contributed by atoms with van der Waals surface area (Å²) in [6.07, 6.45) is -0.481. The van der Waals surface area contributed by atoms with Crippen molar-refractivity contribution in [2.45, 2.75) is 32.3 Å². The fraction of sp³-hybridized carbons (Fsp3) is 0.615. The molecule has 21 heavy (non-hydrogen) atoms. The molecule has 1 N–H and O–H groups in total. The highest BCUT2D eigenvalue weighted by Crippen LogP contribution is 2.35. The van der Waals surface area contributed by atoms with Gasteiger partial charge < -0.3 is 14.7 Å². The van der Waals surface area contributed by atoms with Crippen LogP contribution in [0.25, 0.3) is 0 Å². The normalized spacial score (nSPS) is 22.4. The number of halogens is 1. The third-order valence-corrected chi connectivity index (χ3v) is 4.55. The zero-order valence-electron chi connectivity index (χ0n) is 12.0. The van der Waals surface area contributed by atoms with Crippen molar-refractivity contribution in [2.24, 2.45) is 5.92 Å². The second-order valence-corrected chi connectivity index (χ2v) is 8.10. The molecule has 0 saturated carbocycles. The lowest BCUT2D eigenvalue weighted by Gasteiger charge is -2.24. The quantitative estimate of drug-likeness (QED) is 0.857. The van der Waals surface area contributed by atoms with E-state index in [1.165, 1.54) is 16.2 Å². The van der Waals surface area contributed by atoms with Gasteiger partial charge in [-0.1, -0.05) is 0 Å². The van der Waals surface area contributed by atoms with Gasteiger partial charge in [-0.05, 0) is 36.7 Å². The monoisotopic (exact) mass is 376 g/mol. The highest BCUT2D eigenvalue weighted by Gasteiger charge is 2.42. The molecule has 1 aromatic rings. The van der Waals surface area contributed by atoms with E-state index in [0.29, 0.717) is 16.2 Å². The van der Waals surface area contributed by atoms with Crippen LogP contribution in [-0.4, -0.2) is 45.7 Å². The number of rotatable bonds is 2. The summed E-state index contributed by atoms with van der Waals surface area (Å²) in [7, 11) is 0. The predicted octanol–water partition coefficient (Wildman–Crippen LogP) is 2.94. The number of aromatic nitrogens is 1. The van der Waals surface area contributed by atoms with Crippen LogP contribution in [0.5, 0.6) is 0 Å². The molecule has 116 valence electrons. The van der Waals surface area contributed by atoms with Crippen LogP contribution in [0.2, 0.25) is 0 Å². The summed E-state index contributed by atoms with van der Waals surface area (Å²) in [4.78, 5) is 29.3. The molecule has 6 nitrogen and oxygen atoms in total. The maximum absolute atomic E-state index is 12.1. The molecule has 0 radical (unpaired) electrons. The van der Waals surface area contributed by atoms with E-state index >= 15 is 0 Å². The van der Waals surface area contributed by atoms with Crippen molar-refractivity contribution in [3.05, 3.63) is 15.0 Å². The average Bonchev–Trinajstić information content (AvgIpc) is 2.91. The van der Waals surface area contributed by atoms with E-state index in [9.17, 15) is 14.7 Å². The van der Waals surface area contributed by atoms with E-state index < -0.39 is 23.6 Å². The fourth-order valence-electron chi connectivity index (χ4n) is 2.26. The minimum atomic E-state index is -0.921. The average molecular weight is 377 g/mol.